The molecule has 0 atom stereocenters. The fourth-order valence-corrected chi connectivity index (χ4v) is 4.87. The zero-order chi connectivity index (χ0) is 25.6. The molecule has 36 heavy (non-hydrogen) atoms. The fourth-order valence-electron chi connectivity index (χ4n) is 3.82. The topological polar surface area (TPSA) is 0 Å². The number of rotatable bonds is 2. The molecular weight excluding hydrogens is 531 g/mol. The molecule has 6 rings (SSSR count). The normalized spacial score (nSPS) is 9.78. The van der Waals surface area contributed by atoms with Crippen LogP contribution < -0.4 is 10.4 Å². The summed E-state index contributed by atoms with van der Waals surface area (Å²) in [6.45, 7) is 4.25. The quantitative estimate of drug-likeness (QED) is 0.148. The minimum absolute atomic E-state index is 0.556. The summed E-state index contributed by atoms with van der Waals surface area (Å²) in [6.07, 6.45) is 0. The van der Waals surface area contributed by atoms with Gasteiger partial charge in [0.2, 0.25) is 0 Å². The molecule has 6 aromatic carbocycles. The summed E-state index contributed by atoms with van der Waals surface area (Å²) in [5.74, 6) is 0. The van der Waals surface area contributed by atoms with Gasteiger partial charge in [-0.2, -0.15) is 12.1 Å². The average Bonchev–Trinajstić information content (AvgIpc) is 3.47. The van der Waals surface area contributed by atoms with Gasteiger partial charge in [-0.1, -0.05) is 97.0 Å². The van der Waals surface area contributed by atoms with Crippen molar-refractivity contribution in [1.29, 1.82) is 0 Å². The number of benzene rings is 4. The minimum atomic E-state index is -0.556. The molecule has 0 unspecified atom stereocenters. The van der Waals surface area contributed by atoms with Crippen molar-refractivity contribution in [3.8, 4) is 0 Å². The third kappa shape index (κ3) is 9.58. The summed E-state index contributed by atoms with van der Waals surface area (Å²) in [5.41, 5.74) is 2.70. The van der Waals surface area contributed by atoms with E-state index in [1.165, 1.54) is 43.0 Å². The van der Waals surface area contributed by atoms with Gasteiger partial charge in [0.05, 0.1) is 0 Å². The molecule has 0 spiro atoms. The predicted octanol–water partition coefficient (Wildman–Crippen LogP) is 8.45. The maximum Gasteiger partial charge on any atom is 0.121 e. The first-order valence-corrected chi connectivity index (χ1v) is 17.0. The van der Waals surface area contributed by atoms with Crippen molar-refractivity contribution in [2.75, 3.05) is 0 Å². The molecule has 6 aromatic rings. The van der Waals surface area contributed by atoms with Gasteiger partial charge in [-0.05, 0) is 0 Å². The third-order valence-corrected chi connectivity index (χ3v) is 6.60. The van der Waals surface area contributed by atoms with Crippen LogP contribution in [0.4, 0.5) is 0 Å². The van der Waals surface area contributed by atoms with Crippen LogP contribution in [-0.4, -0.2) is 9.52 Å². The van der Waals surface area contributed by atoms with Gasteiger partial charge in [0.15, 0.2) is 0 Å². The van der Waals surface area contributed by atoms with Crippen molar-refractivity contribution in [2.45, 2.75) is 13.8 Å². The van der Waals surface area contributed by atoms with E-state index in [0.29, 0.717) is 0 Å². The van der Waals surface area contributed by atoms with Gasteiger partial charge in [-0.25, -0.2) is 0 Å². The van der Waals surface area contributed by atoms with Gasteiger partial charge in [0.25, 0.3) is 0 Å². The largest absolute Gasteiger partial charge is 0.121 e. The van der Waals surface area contributed by atoms with Crippen LogP contribution in [0.1, 0.15) is 11.1 Å². The Hall–Kier alpha value is -2.39. The SMILES string of the molecule is Cc1cc2ccccc2[cH-]1.Cc1cc2ccccc2[cH-]1.[Cl][Ti][Cl].c1ccc([Si]c2ccccc2)cc1. The van der Waals surface area contributed by atoms with Crippen molar-refractivity contribution in [3.63, 3.8) is 0 Å². The van der Waals surface area contributed by atoms with Gasteiger partial charge in [0.1, 0.15) is 9.52 Å². The van der Waals surface area contributed by atoms with E-state index in [2.05, 4.69) is 147 Å². The number of aryl methyl sites for hydroxylation is 2. The van der Waals surface area contributed by atoms with Crippen LogP contribution in [0.2, 0.25) is 0 Å². The first-order valence-electron chi connectivity index (χ1n) is 11.7. The molecule has 0 aromatic heterocycles. The summed E-state index contributed by atoms with van der Waals surface area (Å²) < 4.78 is 0. The van der Waals surface area contributed by atoms with Crippen LogP contribution in [0.25, 0.3) is 21.5 Å². The van der Waals surface area contributed by atoms with E-state index in [4.69, 9.17) is 18.6 Å². The van der Waals surface area contributed by atoms with Crippen LogP contribution in [0, 0.1) is 13.8 Å². The Morgan fingerprint density at radius 3 is 1.22 bits per heavy atom. The standard InChI is InChI=1S/C12H10Si.2C10H9.2ClH.Ti/c1-3-7-11(8-4-1)13-12-9-5-2-6-10-12;2*1-8-6-9-4-2-3-5-10(9)7-8;;;/h1-10H;2*2-7H,1H3;2*1H;/q;2*-1;;;+2/p-2. The molecule has 0 saturated carbocycles. The van der Waals surface area contributed by atoms with E-state index in [1.807, 2.05) is 0 Å². The molecule has 0 N–H and O–H groups in total. The summed E-state index contributed by atoms with van der Waals surface area (Å²) in [5, 5.41) is 8.18. The smallest absolute Gasteiger partial charge is 0.0631 e. The fraction of sp³-hybridized carbons (Fsp3) is 0.0625. The Balaban J connectivity index is 0.000000144. The van der Waals surface area contributed by atoms with Gasteiger partial charge >= 0.3 is 35.6 Å². The maximum absolute atomic E-state index is 4.89. The zero-order valence-corrected chi connectivity index (χ0v) is 24.5. The van der Waals surface area contributed by atoms with Crippen molar-refractivity contribution >= 4 is 60.0 Å². The van der Waals surface area contributed by atoms with E-state index in [-0.39, 0.29) is 0 Å². The maximum atomic E-state index is 4.89. The van der Waals surface area contributed by atoms with Crippen molar-refractivity contribution < 1.29 is 17.0 Å². The first kappa shape index (κ1) is 28.2. The predicted molar refractivity (Wildman–Crippen MR) is 158 cm³/mol. The molecule has 4 heteroatoms. The molecule has 0 saturated heterocycles. The van der Waals surface area contributed by atoms with Crippen LogP contribution in [0.5, 0.6) is 0 Å². The average molecular weight is 559 g/mol. The number of fused-ring (bicyclic) bond motifs is 2. The second-order valence-corrected chi connectivity index (χ2v) is 12.2. The molecule has 2 radical (unpaired) electrons. The monoisotopic (exact) mass is 558 g/mol. The Bertz CT molecular complexity index is 1250. The van der Waals surface area contributed by atoms with Gasteiger partial charge in [0, 0.05) is 0 Å². The number of halogens is 2. The molecule has 0 fully saturated rings. The van der Waals surface area contributed by atoms with Crippen molar-refractivity contribution in [3.05, 3.63) is 145 Å². The molecule has 0 bridgehead atoms. The summed E-state index contributed by atoms with van der Waals surface area (Å²) in [7, 11) is 10.6. The van der Waals surface area contributed by atoms with Crippen LogP contribution in [-0.2, 0) is 17.0 Å². The van der Waals surface area contributed by atoms with Crippen LogP contribution in [0.15, 0.2) is 133 Å². The molecule has 0 aliphatic heterocycles. The Morgan fingerprint density at radius 1 is 0.528 bits per heavy atom. The third-order valence-electron chi connectivity index (χ3n) is 5.36. The first-order chi connectivity index (χ1) is 17.6. The van der Waals surface area contributed by atoms with Gasteiger partial charge < -0.3 is 0 Å². The molecular formula is C32H28Cl2SiTi-2. The molecule has 180 valence electrons. The van der Waals surface area contributed by atoms with Crippen LogP contribution in [0.3, 0.4) is 0 Å². The molecule has 0 aliphatic rings. The molecule has 0 heterocycles. The van der Waals surface area contributed by atoms with Crippen molar-refractivity contribution in [2.24, 2.45) is 0 Å². The summed E-state index contributed by atoms with van der Waals surface area (Å²) in [6, 6.07) is 46.8. The molecule has 0 aliphatic carbocycles. The van der Waals surface area contributed by atoms with Crippen LogP contribution >= 0.6 is 18.6 Å². The molecule has 0 nitrogen and oxygen atoms in total. The summed E-state index contributed by atoms with van der Waals surface area (Å²) >= 11 is -0.556. The van der Waals surface area contributed by atoms with E-state index < -0.39 is 17.0 Å². The zero-order valence-electron chi connectivity index (χ0n) is 20.5. The number of hydrogen-bond donors (Lipinski definition) is 0. The van der Waals surface area contributed by atoms with E-state index in [9.17, 15) is 0 Å². The second kappa shape index (κ2) is 15.7. The Kier molecular flexibility index (Phi) is 12.3. The van der Waals surface area contributed by atoms with E-state index >= 15 is 0 Å². The summed E-state index contributed by atoms with van der Waals surface area (Å²) in [4.78, 5) is 0. The van der Waals surface area contributed by atoms with E-state index in [1.54, 1.807) is 0 Å². The Labute approximate surface area is 234 Å². The molecule has 0 amide bonds. The number of hydrogen-bond acceptors (Lipinski definition) is 0. The second-order valence-electron chi connectivity index (χ2n) is 8.25. The van der Waals surface area contributed by atoms with Gasteiger partial charge in [-0.15, -0.1) is 81.2 Å². The minimum Gasteiger partial charge on any atom is -0.0631 e. The van der Waals surface area contributed by atoms with E-state index in [0.717, 1.165) is 9.52 Å². The van der Waals surface area contributed by atoms with Gasteiger partial charge in [-0.3, -0.25) is 0 Å². The Morgan fingerprint density at radius 2 is 0.861 bits per heavy atom. The van der Waals surface area contributed by atoms with Crippen molar-refractivity contribution in [1.82, 2.24) is 0 Å².